The van der Waals surface area contributed by atoms with Crippen molar-refractivity contribution in [3.8, 4) is 11.5 Å². The summed E-state index contributed by atoms with van der Waals surface area (Å²) in [5.41, 5.74) is 6.55. The van der Waals surface area contributed by atoms with Gasteiger partial charge in [-0.05, 0) is 38.0 Å². The molecule has 5 heteroatoms. The number of amides is 1. The van der Waals surface area contributed by atoms with E-state index in [9.17, 15) is 15.0 Å². The third kappa shape index (κ3) is 3.37. The van der Waals surface area contributed by atoms with Gasteiger partial charge in [-0.3, -0.25) is 4.79 Å². The maximum absolute atomic E-state index is 11.9. The summed E-state index contributed by atoms with van der Waals surface area (Å²) < 4.78 is 0. The first-order valence-electron chi connectivity index (χ1n) is 5.86. The number of phenols is 2. The van der Waals surface area contributed by atoms with Crippen molar-refractivity contribution in [3.05, 3.63) is 23.8 Å². The minimum absolute atomic E-state index is 0.0942. The first-order valence-corrected chi connectivity index (χ1v) is 5.86. The van der Waals surface area contributed by atoms with Crippen molar-refractivity contribution < 1.29 is 15.0 Å². The van der Waals surface area contributed by atoms with E-state index in [0.29, 0.717) is 12.0 Å². The smallest absolute Gasteiger partial charge is 0.239 e. The van der Waals surface area contributed by atoms with E-state index in [1.165, 1.54) is 12.1 Å². The highest BCUT2D eigenvalue weighted by molar-refractivity contribution is 5.82. The van der Waals surface area contributed by atoms with Gasteiger partial charge >= 0.3 is 0 Å². The Balaban J connectivity index is 2.72. The van der Waals surface area contributed by atoms with E-state index < -0.39 is 6.04 Å². The molecule has 1 aromatic carbocycles. The minimum atomic E-state index is -0.652. The molecule has 1 amide bonds. The van der Waals surface area contributed by atoms with Gasteiger partial charge < -0.3 is 20.8 Å². The van der Waals surface area contributed by atoms with Crippen LogP contribution in [0.2, 0.25) is 0 Å². The van der Waals surface area contributed by atoms with Crippen molar-refractivity contribution in [3.63, 3.8) is 0 Å². The molecule has 0 saturated carbocycles. The lowest BCUT2D eigenvalue weighted by Crippen LogP contribution is -2.45. The van der Waals surface area contributed by atoms with Crippen LogP contribution in [0, 0.1) is 0 Å². The molecule has 0 aliphatic heterocycles. The maximum atomic E-state index is 11.9. The van der Waals surface area contributed by atoms with Crippen molar-refractivity contribution >= 4 is 5.91 Å². The summed E-state index contributed by atoms with van der Waals surface area (Å²) in [6.45, 7) is 3.83. The van der Waals surface area contributed by atoms with Crippen LogP contribution in [0.5, 0.6) is 11.5 Å². The van der Waals surface area contributed by atoms with E-state index in [4.69, 9.17) is 5.73 Å². The average Bonchev–Trinajstić information content (AvgIpc) is 2.31. The molecule has 100 valence electrons. The molecule has 0 aliphatic rings. The standard InChI is InChI=1S/C13H20N2O3/c1-8(2)15(3)13(18)10(14)6-9-4-5-11(16)12(17)7-9/h4-5,7-8,10,16-17H,6,14H2,1-3H3/t10-/m0/s1. The fraction of sp³-hybridized carbons (Fsp3) is 0.462. The van der Waals surface area contributed by atoms with E-state index in [1.807, 2.05) is 13.8 Å². The molecular weight excluding hydrogens is 232 g/mol. The van der Waals surface area contributed by atoms with Gasteiger partial charge in [-0.1, -0.05) is 6.07 Å². The number of hydrogen-bond donors (Lipinski definition) is 3. The van der Waals surface area contributed by atoms with Crippen LogP contribution in [0.15, 0.2) is 18.2 Å². The second-order valence-electron chi connectivity index (χ2n) is 4.68. The Morgan fingerprint density at radius 3 is 2.44 bits per heavy atom. The zero-order valence-corrected chi connectivity index (χ0v) is 10.9. The third-order valence-electron chi connectivity index (χ3n) is 2.93. The van der Waals surface area contributed by atoms with Gasteiger partial charge in [0.05, 0.1) is 6.04 Å². The number of likely N-dealkylation sites (N-methyl/N-ethyl adjacent to an activating group) is 1. The molecule has 1 aromatic rings. The number of nitrogens with zero attached hydrogens (tertiary/aromatic N) is 1. The molecule has 0 heterocycles. The molecule has 0 saturated heterocycles. The number of nitrogens with two attached hydrogens (primary N) is 1. The van der Waals surface area contributed by atoms with Crippen molar-refractivity contribution in [1.29, 1.82) is 0 Å². The minimum Gasteiger partial charge on any atom is -0.504 e. The Labute approximate surface area is 107 Å². The zero-order valence-electron chi connectivity index (χ0n) is 10.9. The predicted octanol–water partition coefficient (Wildman–Crippen LogP) is 0.834. The molecule has 0 aromatic heterocycles. The molecule has 4 N–H and O–H groups in total. The molecule has 1 rings (SSSR count). The molecule has 0 spiro atoms. The van der Waals surface area contributed by atoms with Crippen LogP contribution in [-0.2, 0) is 11.2 Å². The van der Waals surface area contributed by atoms with E-state index >= 15 is 0 Å². The van der Waals surface area contributed by atoms with E-state index in [2.05, 4.69) is 0 Å². The SMILES string of the molecule is CC(C)N(C)C(=O)[C@@H](N)Cc1ccc(O)c(O)c1. The number of carbonyl (C=O) groups excluding carboxylic acids is 1. The zero-order chi connectivity index (χ0) is 13.9. The first-order chi connectivity index (χ1) is 8.32. The molecule has 18 heavy (non-hydrogen) atoms. The number of carbonyl (C=O) groups is 1. The molecular formula is C13H20N2O3. The summed E-state index contributed by atoms with van der Waals surface area (Å²) in [4.78, 5) is 13.5. The van der Waals surface area contributed by atoms with Gasteiger partial charge in [0.25, 0.3) is 0 Å². The van der Waals surface area contributed by atoms with Crippen LogP contribution in [0.1, 0.15) is 19.4 Å². The van der Waals surface area contributed by atoms with Crippen molar-refractivity contribution in [2.45, 2.75) is 32.4 Å². The van der Waals surface area contributed by atoms with Gasteiger partial charge in [0, 0.05) is 13.1 Å². The fourth-order valence-electron chi connectivity index (χ4n) is 1.55. The Hall–Kier alpha value is -1.75. The maximum Gasteiger partial charge on any atom is 0.239 e. The van der Waals surface area contributed by atoms with Crippen molar-refractivity contribution in [2.24, 2.45) is 5.73 Å². The summed E-state index contributed by atoms with van der Waals surface area (Å²) in [6, 6.07) is 3.88. The normalized spacial score (nSPS) is 12.5. The van der Waals surface area contributed by atoms with Gasteiger partial charge in [0.15, 0.2) is 11.5 Å². The van der Waals surface area contributed by atoms with Crippen LogP contribution < -0.4 is 5.73 Å². The second kappa shape index (κ2) is 5.73. The largest absolute Gasteiger partial charge is 0.504 e. The molecule has 0 unspecified atom stereocenters. The third-order valence-corrected chi connectivity index (χ3v) is 2.93. The molecule has 0 radical (unpaired) electrons. The summed E-state index contributed by atoms with van der Waals surface area (Å²) in [6.07, 6.45) is 0.323. The van der Waals surface area contributed by atoms with Gasteiger partial charge in [0.2, 0.25) is 5.91 Å². The molecule has 0 fully saturated rings. The molecule has 1 atom stereocenters. The topological polar surface area (TPSA) is 86.8 Å². The van der Waals surface area contributed by atoms with Gasteiger partial charge in [-0.25, -0.2) is 0 Å². The van der Waals surface area contributed by atoms with E-state index in [0.717, 1.165) is 0 Å². The van der Waals surface area contributed by atoms with Crippen LogP contribution in [0.3, 0.4) is 0 Å². The molecule has 0 bridgehead atoms. The lowest BCUT2D eigenvalue weighted by molar-refractivity contribution is -0.132. The Kier molecular flexibility index (Phi) is 4.55. The average molecular weight is 252 g/mol. The van der Waals surface area contributed by atoms with Crippen molar-refractivity contribution in [2.75, 3.05) is 7.05 Å². The summed E-state index contributed by atoms with van der Waals surface area (Å²) in [5.74, 6) is -0.528. The van der Waals surface area contributed by atoms with Crippen molar-refractivity contribution in [1.82, 2.24) is 4.90 Å². The highest BCUT2D eigenvalue weighted by Crippen LogP contribution is 2.25. The number of benzene rings is 1. The monoisotopic (exact) mass is 252 g/mol. The summed E-state index contributed by atoms with van der Waals surface area (Å²) >= 11 is 0. The van der Waals surface area contributed by atoms with Crippen LogP contribution in [0.25, 0.3) is 0 Å². The lowest BCUT2D eigenvalue weighted by Gasteiger charge is -2.25. The number of rotatable bonds is 4. The Bertz CT molecular complexity index is 432. The Morgan fingerprint density at radius 2 is 1.94 bits per heavy atom. The lowest BCUT2D eigenvalue weighted by atomic mass is 10.0. The summed E-state index contributed by atoms with van der Waals surface area (Å²) in [7, 11) is 1.71. The highest BCUT2D eigenvalue weighted by Gasteiger charge is 2.20. The number of hydrogen-bond acceptors (Lipinski definition) is 4. The first kappa shape index (κ1) is 14.3. The predicted molar refractivity (Wildman–Crippen MR) is 69.4 cm³/mol. The molecule has 0 aliphatic carbocycles. The van der Waals surface area contributed by atoms with Gasteiger partial charge in [-0.15, -0.1) is 0 Å². The summed E-state index contributed by atoms with van der Waals surface area (Å²) in [5, 5.41) is 18.6. The number of phenolic OH excluding ortho intramolecular Hbond substituents is 2. The van der Waals surface area contributed by atoms with Crippen LogP contribution in [-0.4, -0.2) is 40.2 Å². The highest BCUT2D eigenvalue weighted by atomic mass is 16.3. The van der Waals surface area contributed by atoms with Crippen LogP contribution >= 0.6 is 0 Å². The van der Waals surface area contributed by atoms with Crippen LogP contribution in [0.4, 0.5) is 0 Å². The van der Waals surface area contributed by atoms with E-state index in [-0.39, 0.29) is 23.4 Å². The fourth-order valence-corrected chi connectivity index (χ4v) is 1.55. The quantitative estimate of drug-likeness (QED) is 0.693. The van der Waals surface area contributed by atoms with Gasteiger partial charge in [0.1, 0.15) is 0 Å². The van der Waals surface area contributed by atoms with E-state index in [1.54, 1.807) is 18.0 Å². The number of aromatic hydroxyl groups is 2. The molecule has 5 nitrogen and oxygen atoms in total. The second-order valence-corrected chi connectivity index (χ2v) is 4.68. The van der Waals surface area contributed by atoms with Gasteiger partial charge in [-0.2, -0.15) is 0 Å². The Morgan fingerprint density at radius 1 is 1.33 bits per heavy atom.